The van der Waals surface area contributed by atoms with Gasteiger partial charge in [-0.15, -0.1) is 0 Å². The summed E-state index contributed by atoms with van der Waals surface area (Å²) in [6.45, 7) is 1.96. The van der Waals surface area contributed by atoms with E-state index in [1.807, 2.05) is 0 Å². The third-order valence-corrected chi connectivity index (χ3v) is 2.67. The second-order valence-corrected chi connectivity index (χ2v) is 4.33. The number of nitro groups is 1. The lowest BCUT2D eigenvalue weighted by molar-refractivity contribution is -0.385. The van der Waals surface area contributed by atoms with Crippen molar-refractivity contribution >= 4 is 17.3 Å². The van der Waals surface area contributed by atoms with Crippen molar-refractivity contribution in [3.8, 4) is 0 Å². The fourth-order valence-electron chi connectivity index (χ4n) is 1.56. The highest BCUT2D eigenvalue weighted by Crippen LogP contribution is 2.22. The molecule has 0 saturated heterocycles. The minimum absolute atomic E-state index is 0.0160. The second kappa shape index (κ2) is 8.82. The minimum atomic E-state index is -0.419. The number of hydrogen-bond acceptors (Lipinski definition) is 5. The summed E-state index contributed by atoms with van der Waals surface area (Å²) < 4.78 is 5.10. The number of hydrogen-bond donors (Lipinski definition) is 2. The van der Waals surface area contributed by atoms with Crippen LogP contribution in [-0.2, 0) is 11.3 Å². The lowest BCUT2D eigenvalue weighted by Gasteiger charge is -2.06. The molecule has 19 heavy (non-hydrogen) atoms. The monoisotopic (exact) mass is 288 g/mol. The molecule has 0 fully saturated rings. The van der Waals surface area contributed by atoms with Gasteiger partial charge in [-0.05, 0) is 25.1 Å². The SMILES string of the molecule is O=[N+]([O-])c1ccc(Cl)cc1CNCCCOCCO. The first-order valence-corrected chi connectivity index (χ1v) is 6.35. The highest BCUT2D eigenvalue weighted by atomic mass is 35.5. The summed E-state index contributed by atoms with van der Waals surface area (Å²) in [6, 6.07) is 4.50. The van der Waals surface area contributed by atoms with Gasteiger partial charge in [-0.1, -0.05) is 11.6 Å². The Hall–Kier alpha value is -1.21. The second-order valence-electron chi connectivity index (χ2n) is 3.90. The summed E-state index contributed by atoms with van der Waals surface area (Å²) in [6.07, 6.45) is 0.772. The van der Waals surface area contributed by atoms with E-state index in [0.717, 1.165) is 6.42 Å². The van der Waals surface area contributed by atoms with Crippen LogP contribution in [0, 0.1) is 10.1 Å². The number of halogens is 1. The van der Waals surface area contributed by atoms with Gasteiger partial charge in [0, 0.05) is 29.8 Å². The number of rotatable bonds is 9. The summed E-state index contributed by atoms with van der Waals surface area (Å²) in [5.74, 6) is 0. The first-order chi connectivity index (χ1) is 9.15. The maximum atomic E-state index is 10.8. The lowest BCUT2D eigenvalue weighted by atomic mass is 10.2. The molecule has 6 nitrogen and oxygen atoms in total. The Kier molecular flexibility index (Phi) is 7.35. The van der Waals surface area contributed by atoms with Crippen LogP contribution in [0.5, 0.6) is 0 Å². The van der Waals surface area contributed by atoms with Crippen LogP contribution in [0.15, 0.2) is 18.2 Å². The molecule has 0 bridgehead atoms. The standard InChI is InChI=1S/C12H17ClN2O4/c13-11-2-3-12(15(17)18)10(8-11)9-14-4-1-6-19-7-5-16/h2-3,8,14,16H,1,4-7,9H2. The smallest absolute Gasteiger partial charge is 0.273 e. The van der Waals surface area contributed by atoms with Crippen LogP contribution in [0.3, 0.4) is 0 Å². The third kappa shape index (κ3) is 5.98. The van der Waals surface area contributed by atoms with E-state index < -0.39 is 4.92 Å². The number of nitrogens with one attached hydrogen (secondary N) is 1. The first-order valence-electron chi connectivity index (χ1n) is 5.97. The lowest BCUT2D eigenvalue weighted by Crippen LogP contribution is -2.17. The first kappa shape index (κ1) is 15.8. The van der Waals surface area contributed by atoms with Gasteiger partial charge < -0.3 is 15.2 Å². The van der Waals surface area contributed by atoms with Gasteiger partial charge in [-0.25, -0.2) is 0 Å². The Labute approximate surface area is 116 Å². The van der Waals surface area contributed by atoms with Gasteiger partial charge in [0.2, 0.25) is 0 Å². The van der Waals surface area contributed by atoms with Crippen molar-refractivity contribution in [3.05, 3.63) is 38.9 Å². The van der Waals surface area contributed by atoms with Crippen LogP contribution >= 0.6 is 11.6 Å². The fourth-order valence-corrected chi connectivity index (χ4v) is 1.76. The van der Waals surface area contributed by atoms with E-state index in [9.17, 15) is 10.1 Å². The van der Waals surface area contributed by atoms with Crippen molar-refractivity contribution in [2.24, 2.45) is 0 Å². The molecule has 0 atom stereocenters. The number of nitro benzene ring substituents is 1. The highest BCUT2D eigenvalue weighted by molar-refractivity contribution is 6.30. The topological polar surface area (TPSA) is 84.6 Å². The maximum absolute atomic E-state index is 10.8. The molecule has 0 aliphatic carbocycles. The molecular formula is C12H17ClN2O4. The molecule has 0 radical (unpaired) electrons. The number of aliphatic hydroxyl groups is 1. The van der Waals surface area contributed by atoms with Gasteiger partial charge in [0.05, 0.1) is 18.1 Å². The summed E-state index contributed by atoms with van der Waals surface area (Å²) in [5.41, 5.74) is 0.627. The minimum Gasteiger partial charge on any atom is -0.394 e. The Balaban J connectivity index is 2.36. The van der Waals surface area contributed by atoms with Crippen LogP contribution in [0.2, 0.25) is 5.02 Å². The van der Waals surface area contributed by atoms with E-state index in [0.29, 0.717) is 36.9 Å². The van der Waals surface area contributed by atoms with Crippen molar-refractivity contribution < 1.29 is 14.8 Å². The van der Waals surface area contributed by atoms with E-state index in [4.69, 9.17) is 21.4 Å². The van der Waals surface area contributed by atoms with Crippen molar-refractivity contribution in [3.63, 3.8) is 0 Å². The zero-order valence-corrected chi connectivity index (χ0v) is 11.2. The van der Waals surface area contributed by atoms with E-state index >= 15 is 0 Å². The van der Waals surface area contributed by atoms with Crippen molar-refractivity contribution in [2.45, 2.75) is 13.0 Å². The largest absolute Gasteiger partial charge is 0.394 e. The highest BCUT2D eigenvalue weighted by Gasteiger charge is 2.12. The fraction of sp³-hybridized carbons (Fsp3) is 0.500. The van der Waals surface area contributed by atoms with Gasteiger partial charge in [0.25, 0.3) is 5.69 Å². The van der Waals surface area contributed by atoms with Crippen molar-refractivity contribution in [2.75, 3.05) is 26.4 Å². The van der Waals surface area contributed by atoms with Gasteiger partial charge >= 0.3 is 0 Å². The summed E-state index contributed by atoms with van der Waals surface area (Å²) in [4.78, 5) is 10.4. The van der Waals surface area contributed by atoms with Gasteiger partial charge in [-0.2, -0.15) is 0 Å². The van der Waals surface area contributed by atoms with E-state index in [1.54, 1.807) is 6.07 Å². The van der Waals surface area contributed by atoms with Gasteiger partial charge in [0.15, 0.2) is 0 Å². The molecule has 0 amide bonds. The molecule has 7 heteroatoms. The summed E-state index contributed by atoms with van der Waals surface area (Å²) >= 11 is 5.82. The van der Waals surface area contributed by atoms with E-state index in [2.05, 4.69) is 5.32 Å². The van der Waals surface area contributed by atoms with Crippen LogP contribution in [0.4, 0.5) is 5.69 Å². The Morgan fingerprint density at radius 1 is 1.42 bits per heavy atom. The molecular weight excluding hydrogens is 272 g/mol. The molecule has 0 heterocycles. The Morgan fingerprint density at radius 2 is 2.21 bits per heavy atom. The number of ether oxygens (including phenoxy) is 1. The molecule has 0 saturated carbocycles. The average Bonchev–Trinajstić information content (AvgIpc) is 2.37. The zero-order valence-electron chi connectivity index (χ0n) is 10.5. The van der Waals surface area contributed by atoms with Gasteiger partial charge in [0.1, 0.15) is 0 Å². The van der Waals surface area contributed by atoms with Crippen LogP contribution < -0.4 is 5.32 Å². The van der Waals surface area contributed by atoms with Gasteiger partial charge in [-0.3, -0.25) is 10.1 Å². The normalized spacial score (nSPS) is 10.6. The number of aliphatic hydroxyl groups excluding tert-OH is 1. The van der Waals surface area contributed by atoms with Crippen LogP contribution in [0.25, 0.3) is 0 Å². The van der Waals surface area contributed by atoms with E-state index in [1.165, 1.54) is 12.1 Å². The molecule has 106 valence electrons. The Morgan fingerprint density at radius 3 is 2.89 bits per heavy atom. The summed E-state index contributed by atoms with van der Waals surface area (Å²) in [7, 11) is 0. The molecule has 1 aromatic carbocycles. The molecule has 0 unspecified atom stereocenters. The average molecular weight is 289 g/mol. The van der Waals surface area contributed by atoms with Crippen molar-refractivity contribution in [1.82, 2.24) is 5.32 Å². The number of benzene rings is 1. The predicted octanol–water partition coefficient (Wildman–Crippen LogP) is 1.74. The molecule has 0 aliphatic heterocycles. The number of nitrogens with zero attached hydrogens (tertiary/aromatic N) is 1. The predicted molar refractivity (Wildman–Crippen MR) is 72.3 cm³/mol. The molecule has 0 aromatic heterocycles. The molecule has 1 aromatic rings. The zero-order chi connectivity index (χ0) is 14.1. The van der Waals surface area contributed by atoms with Crippen LogP contribution in [-0.4, -0.2) is 36.4 Å². The quantitative estimate of drug-likeness (QED) is 0.411. The molecule has 2 N–H and O–H groups in total. The summed E-state index contributed by atoms with van der Waals surface area (Å²) in [5, 5.41) is 22.9. The molecule has 0 aliphatic rings. The maximum Gasteiger partial charge on any atom is 0.273 e. The molecule has 1 rings (SSSR count). The molecule has 0 spiro atoms. The van der Waals surface area contributed by atoms with Crippen molar-refractivity contribution in [1.29, 1.82) is 0 Å². The third-order valence-electron chi connectivity index (χ3n) is 2.43. The Bertz CT molecular complexity index is 415. The van der Waals surface area contributed by atoms with E-state index in [-0.39, 0.29) is 12.3 Å². The van der Waals surface area contributed by atoms with Crippen LogP contribution in [0.1, 0.15) is 12.0 Å².